The number of aliphatic hydroxyl groups is 1. The number of rotatable bonds is 7. The smallest absolute Gasteiger partial charge is 0.115 e. The van der Waals surface area contributed by atoms with E-state index in [9.17, 15) is 10.2 Å². The van der Waals surface area contributed by atoms with Gasteiger partial charge in [-0.25, -0.2) is 0 Å². The van der Waals surface area contributed by atoms with Crippen molar-refractivity contribution >= 4 is 5.57 Å². The lowest BCUT2D eigenvalue weighted by molar-refractivity contribution is 0.0115. The van der Waals surface area contributed by atoms with Crippen molar-refractivity contribution in [2.45, 2.75) is 19.1 Å². The fourth-order valence-corrected chi connectivity index (χ4v) is 3.05. The van der Waals surface area contributed by atoms with Gasteiger partial charge in [0.05, 0.1) is 19.3 Å². The summed E-state index contributed by atoms with van der Waals surface area (Å²) in [7, 11) is 0. The minimum Gasteiger partial charge on any atom is -0.508 e. The highest BCUT2D eigenvalue weighted by molar-refractivity contribution is 5.67. The summed E-state index contributed by atoms with van der Waals surface area (Å²) in [5.74, 6) is 0.292. The van der Waals surface area contributed by atoms with Gasteiger partial charge in [-0.3, -0.25) is 4.90 Å². The molecule has 0 amide bonds. The lowest BCUT2D eigenvalue weighted by Gasteiger charge is -2.28. The molecule has 0 aliphatic carbocycles. The van der Waals surface area contributed by atoms with Gasteiger partial charge >= 0.3 is 0 Å². The van der Waals surface area contributed by atoms with Crippen LogP contribution in [-0.2, 0) is 11.3 Å². The Balaban J connectivity index is 1.41. The molecule has 0 fully saturated rings. The Morgan fingerprint density at radius 3 is 2.48 bits per heavy atom. The zero-order chi connectivity index (χ0) is 17.5. The summed E-state index contributed by atoms with van der Waals surface area (Å²) in [4.78, 5) is 2.24. The van der Waals surface area contributed by atoms with Crippen LogP contribution in [0.25, 0.3) is 5.57 Å². The van der Waals surface area contributed by atoms with E-state index in [1.54, 1.807) is 12.1 Å². The maximum atomic E-state index is 10.2. The maximum absolute atomic E-state index is 10.2. The zero-order valence-electron chi connectivity index (χ0n) is 14.3. The maximum Gasteiger partial charge on any atom is 0.115 e. The van der Waals surface area contributed by atoms with Gasteiger partial charge in [0.1, 0.15) is 5.75 Å². The predicted molar refractivity (Wildman–Crippen MR) is 99.2 cm³/mol. The third-order valence-electron chi connectivity index (χ3n) is 4.42. The van der Waals surface area contributed by atoms with E-state index >= 15 is 0 Å². The number of phenolic OH excluding ortho intramolecular Hbond substituents is 1. The molecule has 0 saturated heterocycles. The van der Waals surface area contributed by atoms with Crippen LogP contribution in [0.1, 0.15) is 17.5 Å². The second-order valence-corrected chi connectivity index (χ2v) is 6.44. The van der Waals surface area contributed by atoms with Crippen LogP contribution in [0.15, 0.2) is 60.7 Å². The summed E-state index contributed by atoms with van der Waals surface area (Å²) in [6.07, 6.45) is 2.67. The summed E-state index contributed by atoms with van der Waals surface area (Å²) < 4.78 is 5.61. The molecule has 132 valence electrons. The number of aromatic hydroxyl groups is 1. The first-order valence-corrected chi connectivity index (χ1v) is 8.71. The van der Waals surface area contributed by atoms with Gasteiger partial charge in [0.15, 0.2) is 0 Å². The summed E-state index contributed by atoms with van der Waals surface area (Å²) in [5.41, 5.74) is 3.57. The van der Waals surface area contributed by atoms with E-state index < -0.39 is 6.10 Å². The average Bonchev–Trinajstić information content (AvgIpc) is 2.64. The van der Waals surface area contributed by atoms with E-state index in [2.05, 4.69) is 11.0 Å². The Bertz CT molecular complexity index is 682. The monoisotopic (exact) mass is 339 g/mol. The van der Waals surface area contributed by atoms with Gasteiger partial charge in [-0.05, 0) is 35.3 Å². The standard InChI is InChI=1S/C21H25NO3/c23-20-8-6-18(7-9-20)19-10-12-22(13-11-19)14-21(24)16-25-15-17-4-2-1-3-5-17/h1-10,21,23-24H,11-16H2/t21-/m1/s1. The van der Waals surface area contributed by atoms with E-state index in [0.29, 0.717) is 25.5 Å². The molecule has 1 atom stereocenters. The molecule has 25 heavy (non-hydrogen) atoms. The van der Waals surface area contributed by atoms with Gasteiger partial charge in [0.2, 0.25) is 0 Å². The molecule has 4 nitrogen and oxygen atoms in total. The van der Waals surface area contributed by atoms with Crippen molar-refractivity contribution < 1.29 is 14.9 Å². The van der Waals surface area contributed by atoms with Crippen molar-refractivity contribution in [1.82, 2.24) is 4.90 Å². The van der Waals surface area contributed by atoms with Crippen LogP contribution in [0.4, 0.5) is 0 Å². The Kier molecular flexibility index (Phi) is 6.23. The molecule has 2 aromatic carbocycles. The van der Waals surface area contributed by atoms with Crippen molar-refractivity contribution in [2.24, 2.45) is 0 Å². The number of phenols is 1. The van der Waals surface area contributed by atoms with E-state index in [-0.39, 0.29) is 0 Å². The highest BCUT2D eigenvalue weighted by Crippen LogP contribution is 2.24. The minimum atomic E-state index is -0.479. The van der Waals surface area contributed by atoms with Crippen LogP contribution in [0, 0.1) is 0 Å². The molecule has 2 aromatic rings. The Labute approximate surface area is 149 Å². The number of aliphatic hydroxyl groups excluding tert-OH is 1. The molecule has 0 saturated carbocycles. The number of nitrogens with zero attached hydrogens (tertiary/aromatic N) is 1. The quantitative estimate of drug-likeness (QED) is 0.814. The zero-order valence-corrected chi connectivity index (χ0v) is 14.3. The van der Waals surface area contributed by atoms with Crippen LogP contribution in [0.5, 0.6) is 5.75 Å². The van der Waals surface area contributed by atoms with E-state index in [1.165, 1.54) is 5.57 Å². The Hall–Kier alpha value is -2.14. The van der Waals surface area contributed by atoms with E-state index in [1.807, 2.05) is 42.5 Å². The topological polar surface area (TPSA) is 52.9 Å². The number of β-amino-alcohol motifs (C(OH)–C–C–N with tert-alkyl or cyclic N) is 1. The third-order valence-corrected chi connectivity index (χ3v) is 4.42. The molecule has 4 heteroatoms. The molecule has 2 N–H and O–H groups in total. The first-order valence-electron chi connectivity index (χ1n) is 8.71. The minimum absolute atomic E-state index is 0.292. The normalized spacial score (nSPS) is 16.4. The van der Waals surface area contributed by atoms with Crippen molar-refractivity contribution in [3.05, 3.63) is 71.8 Å². The van der Waals surface area contributed by atoms with Gasteiger partial charge in [-0.2, -0.15) is 0 Å². The Morgan fingerprint density at radius 1 is 1.04 bits per heavy atom. The third kappa shape index (κ3) is 5.43. The molecule has 0 spiro atoms. The Morgan fingerprint density at radius 2 is 1.80 bits per heavy atom. The number of hydrogen-bond acceptors (Lipinski definition) is 4. The lowest BCUT2D eigenvalue weighted by atomic mass is 9.99. The van der Waals surface area contributed by atoms with Crippen molar-refractivity contribution in [2.75, 3.05) is 26.2 Å². The summed E-state index contributed by atoms with van der Waals surface area (Å²) in [5, 5.41) is 19.6. The summed E-state index contributed by atoms with van der Waals surface area (Å²) in [6.45, 7) is 3.24. The van der Waals surface area contributed by atoms with Gasteiger partial charge in [0, 0.05) is 19.6 Å². The molecule has 0 aromatic heterocycles. The van der Waals surface area contributed by atoms with Crippen molar-refractivity contribution in [3.8, 4) is 5.75 Å². The van der Waals surface area contributed by atoms with Crippen LogP contribution in [0.2, 0.25) is 0 Å². The van der Waals surface area contributed by atoms with Gasteiger partial charge < -0.3 is 14.9 Å². The first kappa shape index (κ1) is 17.7. The van der Waals surface area contributed by atoms with Gasteiger partial charge in [-0.15, -0.1) is 0 Å². The van der Waals surface area contributed by atoms with Crippen molar-refractivity contribution in [3.63, 3.8) is 0 Å². The highest BCUT2D eigenvalue weighted by Gasteiger charge is 2.16. The molecule has 0 bridgehead atoms. The first-order chi connectivity index (χ1) is 12.2. The largest absolute Gasteiger partial charge is 0.508 e. The van der Waals surface area contributed by atoms with Crippen LogP contribution in [0.3, 0.4) is 0 Å². The molecular weight excluding hydrogens is 314 g/mol. The lowest BCUT2D eigenvalue weighted by Crippen LogP contribution is -2.37. The van der Waals surface area contributed by atoms with Crippen LogP contribution in [-0.4, -0.2) is 47.5 Å². The van der Waals surface area contributed by atoms with E-state index in [4.69, 9.17) is 4.74 Å². The van der Waals surface area contributed by atoms with Gasteiger partial charge in [-0.1, -0.05) is 48.5 Å². The van der Waals surface area contributed by atoms with E-state index in [0.717, 1.165) is 30.6 Å². The fourth-order valence-electron chi connectivity index (χ4n) is 3.05. The molecule has 1 heterocycles. The molecule has 0 radical (unpaired) electrons. The second kappa shape index (κ2) is 8.81. The second-order valence-electron chi connectivity index (χ2n) is 6.44. The summed E-state index contributed by atoms with van der Waals surface area (Å²) >= 11 is 0. The SMILES string of the molecule is Oc1ccc(C2=CCN(C[C@@H](O)COCc3ccccc3)CC2)cc1. The average molecular weight is 339 g/mol. The predicted octanol–water partition coefficient (Wildman–Crippen LogP) is 3.06. The number of benzene rings is 2. The molecule has 3 rings (SSSR count). The van der Waals surface area contributed by atoms with Crippen LogP contribution < -0.4 is 0 Å². The van der Waals surface area contributed by atoms with Gasteiger partial charge in [0.25, 0.3) is 0 Å². The molecular formula is C21H25NO3. The van der Waals surface area contributed by atoms with Crippen LogP contribution >= 0.6 is 0 Å². The summed E-state index contributed by atoms with van der Waals surface area (Å²) in [6, 6.07) is 17.3. The van der Waals surface area contributed by atoms with Crippen molar-refractivity contribution in [1.29, 1.82) is 0 Å². The molecule has 1 aliphatic heterocycles. The molecule has 0 unspecified atom stereocenters. The molecule has 1 aliphatic rings. The number of ether oxygens (including phenoxy) is 1. The highest BCUT2D eigenvalue weighted by atomic mass is 16.5. The fraction of sp³-hybridized carbons (Fsp3) is 0.333. The number of hydrogen-bond donors (Lipinski definition) is 2.